The zero-order valence-electron chi connectivity index (χ0n) is 5.79. The van der Waals surface area contributed by atoms with Crippen molar-refractivity contribution in [1.82, 2.24) is 0 Å². The number of rotatable bonds is 2. The van der Waals surface area contributed by atoms with Gasteiger partial charge in [0.25, 0.3) is 0 Å². The van der Waals surface area contributed by atoms with E-state index in [4.69, 9.17) is 5.11 Å². The SMILES string of the molecule is CC(C)C1C[C@@H]1C(=O)O. The van der Waals surface area contributed by atoms with E-state index in [0.717, 1.165) is 6.42 Å². The maximum absolute atomic E-state index is 10.3. The van der Waals surface area contributed by atoms with Crippen molar-refractivity contribution in [3.05, 3.63) is 0 Å². The van der Waals surface area contributed by atoms with Crippen molar-refractivity contribution in [2.75, 3.05) is 0 Å². The molecule has 2 atom stereocenters. The third kappa shape index (κ3) is 1.23. The number of carboxylic acids is 1. The zero-order valence-corrected chi connectivity index (χ0v) is 5.79. The molecule has 1 saturated carbocycles. The van der Waals surface area contributed by atoms with Crippen molar-refractivity contribution in [2.45, 2.75) is 20.3 Å². The van der Waals surface area contributed by atoms with Crippen LogP contribution in [0, 0.1) is 17.8 Å². The molecule has 0 aromatic rings. The lowest BCUT2D eigenvalue weighted by molar-refractivity contribution is -0.139. The minimum atomic E-state index is -0.617. The summed E-state index contributed by atoms with van der Waals surface area (Å²) < 4.78 is 0. The molecule has 2 nitrogen and oxygen atoms in total. The summed E-state index contributed by atoms with van der Waals surface area (Å²) in [5.41, 5.74) is 0. The van der Waals surface area contributed by atoms with E-state index in [-0.39, 0.29) is 5.92 Å². The summed E-state index contributed by atoms with van der Waals surface area (Å²) in [6, 6.07) is 0. The van der Waals surface area contributed by atoms with Crippen LogP contribution in [0.4, 0.5) is 0 Å². The first-order valence-corrected chi connectivity index (χ1v) is 3.35. The fraction of sp³-hybridized carbons (Fsp3) is 0.857. The molecule has 1 unspecified atom stereocenters. The topological polar surface area (TPSA) is 37.3 Å². The van der Waals surface area contributed by atoms with Crippen LogP contribution < -0.4 is 0 Å². The van der Waals surface area contributed by atoms with Crippen LogP contribution >= 0.6 is 0 Å². The quantitative estimate of drug-likeness (QED) is 0.609. The molecule has 0 aromatic carbocycles. The Morgan fingerprint density at radius 3 is 2.33 bits per heavy atom. The van der Waals surface area contributed by atoms with Gasteiger partial charge >= 0.3 is 5.97 Å². The van der Waals surface area contributed by atoms with Crippen LogP contribution in [0.5, 0.6) is 0 Å². The van der Waals surface area contributed by atoms with Crippen LogP contribution in [0.3, 0.4) is 0 Å². The number of hydrogen-bond donors (Lipinski definition) is 1. The number of carboxylic acid groups (broad SMARTS) is 1. The smallest absolute Gasteiger partial charge is 0.306 e. The fourth-order valence-electron chi connectivity index (χ4n) is 1.24. The molecule has 52 valence electrons. The highest BCUT2D eigenvalue weighted by Gasteiger charge is 2.44. The Hall–Kier alpha value is -0.530. The van der Waals surface area contributed by atoms with E-state index in [1.54, 1.807) is 0 Å². The van der Waals surface area contributed by atoms with Gasteiger partial charge in [0.1, 0.15) is 0 Å². The van der Waals surface area contributed by atoms with Gasteiger partial charge < -0.3 is 5.11 Å². The summed E-state index contributed by atoms with van der Waals surface area (Å²) >= 11 is 0. The molecule has 0 aliphatic heterocycles. The third-order valence-corrected chi connectivity index (χ3v) is 2.01. The van der Waals surface area contributed by atoms with Crippen molar-refractivity contribution >= 4 is 5.97 Å². The van der Waals surface area contributed by atoms with E-state index in [2.05, 4.69) is 13.8 Å². The predicted molar refractivity (Wildman–Crippen MR) is 34.1 cm³/mol. The Morgan fingerprint density at radius 2 is 2.22 bits per heavy atom. The van der Waals surface area contributed by atoms with Crippen LogP contribution in [-0.4, -0.2) is 11.1 Å². The van der Waals surface area contributed by atoms with Gasteiger partial charge in [-0.3, -0.25) is 4.79 Å². The highest BCUT2D eigenvalue weighted by molar-refractivity contribution is 5.73. The van der Waals surface area contributed by atoms with Crippen molar-refractivity contribution in [3.63, 3.8) is 0 Å². The number of aliphatic carboxylic acids is 1. The van der Waals surface area contributed by atoms with E-state index in [1.807, 2.05) is 0 Å². The standard InChI is InChI=1S/C7H12O2/c1-4(2)5-3-6(5)7(8)9/h4-6H,3H2,1-2H3,(H,8,9)/t5?,6-/m0/s1. The molecule has 0 spiro atoms. The summed E-state index contributed by atoms with van der Waals surface area (Å²) in [5.74, 6) is 0.368. The van der Waals surface area contributed by atoms with Gasteiger partial charge in [-0.15, -0.1) is 0 Å². The minimum Gasteiger partial charge on any atom is -0.481 e. The summed E-state index contributed by atoms with van der Waals surface area (Å²) in [7, 11) is 0. The van der Waals surface area contributed by atoms with Gasteiger partial charge in [-0.05, 0) is 18.3 Å². The van der Waals surface area contributed by atoms with E-state index in [1.165, 1.54) is 0 Å². The van der Waals surface area contributed by atoms with Gasteiger partial charge in [0.15, 0.2) is 0 Å². The van der Waals surface area contributed by atoms with Crippen molar-refractivity contribution < 1.29 is 9.90 Å². The van der Waals surface area contributed by atoms with Gasteiger partial charge in [-0.1, -0.05) is 13.8 Å². The molecule has 0 bridgehead atoms. The summed E-state index contributed by atoms with van der Waals surface area (Å²) in [6.07, 6.45) is 0.896. The highest BCUT2D eigenvalue weighted by Crippen LogP contribution is 2.43. The van der Waals surface area contributed by atoms with Gasteiger partial charge in [-0.25, -0.2) is 0 Å². The maximum atomic E-state index is 10.3. The van der Waals surface area contributed by atoms with Gasteiger partial charge in [0.2, 0.25) is 0 Å². The van der Waals surface area contributed by atoms with Crippen LogP contribution in [-0.2, 0) is 4.79 Å². The predicted octanol–water partition coefficient (Wildman–Crippen LogP) is 1.36. The first-order chi connectivity index (χ1) is 4.13. The fourth-order valence-corrected chi connectivity index (χ4v) is 1.24. The molecule has 1 aliphatic carbocycles. The Bertz CT molecular complexity index is 129. The van der Waals surface area contributed by atoms with Crippen LogP contribution in [0.2, 0.25) is 0 Å². The molecule has 0 heterocycles. The molecule has 0 amide bonds. The third-order valence-electron chi connectivity index (χ3n) is 2.01. The first kappa shape index (κ1) is 6.59. The molecular weight excluding hydrogens is 116 g/mol. The second kappa shape index (κ2) is 2.01. The molecule has 0 aromatic heterocycles. The van der Waals surface area contributed by atoms with Crippen LogP contribution in [0.1, 0.15) is 20.3 Å². The number of hydrogen-bond acceptors (Lipinski definition) is 1. The zero-order chi connectivity index (χ0) is 7.02. The molecule has 9 heavy (non-hydrogen) atoms. The van der Waals surface area contributed by atoms with Crippen LogP contribution in [0.25, 0.3) is 0 Å². The lowest BCUT2D eigenvalue weighted by atomic mass is 10.1. The van der Waals surface area contributed by atoms with Crippen LogP contribution in [0.15, 0.2) is 0 Å². The minimum absolute atomic E-state index is 0.0231. The summed E-state index contributed by atoms with van der Waals surface area (Å²) in [5, 5.41) is 8.47. The monoisotopic (exact) mass is 128 g/mol. The van der Waals surface area contributed by atoms with Crippen molar-refractivity contribution in [2.24, 2.45) is 17.8 Å². The Labute approximate surface area is 54.9 Å². The molecule has 1 rings (SSSR count). The molecule has 0 saturated heterocycles. The van der Waals surface area contributed by atoms with Gasteiger partial charge in [-0.2, -0.15) is 0 Å². The second-order valence-corrected chi connectivity index (χ2v) is 3.09. The average Bonchev–Trinajstić information content (AvgIpc) is 2.39. The second-order valence-electron chi connectivity index (χ2n) is 3.09. The van der Waals surface area contributed by atoms with Crippen molar-refractivity contribution in [3.8, 4) is 0 Å². The van der Waals surface area contributed by atoms with E-state index >= 15 is 0 Å². The molecule has 0 radical (unpaired) electrons. The average molecular weight is 128 g/mol. The largest absolute Gasteiger partial charge is 0.481 e. The first-order valence-electron chi connectivity index (χ1n) is 3.35. The Kier molecular flexibility index (Phi) is 1.47. The van der Waals surface area contributed by atoms with E-state index < -0.39 is 5.97 Å². The normalized spacial score (nSPS) is 32.8. The van der Waals surface area contributed by atoms with Gasteiger partial charge in [0, 0.05) is 0 Å². The molecule has 1 aliphatic rings. The summed E-state index contributed by atoms with van der Waals surface area (Å²) in [6.45, 7) is 4.15. The molecule has 1 fully saturated rings. The Morgan fingerprint density at radius 1 is 1.67 bits per heavy atom. The van der Waals surface area contributed by atoms with Crippen molar-refractivity contribution in [1.29, 1.82) is 0 Å². The lowest BCUT2D eigenvalue weighted by Crippen LogP contribution is -2.02. The highest BCUT2D eigenvalue weighted by atomic mass is 16.4. The van der Waals surface area contributed by atoms with E-state index in [0.29, 0.717) is 11.8 Å². The molecule has 2 heteroatoms. The lowest BCUT2D eigenvalue weighted by Gasteiger charge is -1.97. The number of carbonyl (C=O) groups is 1. The molecular formula is C7H12O2. The maximum Gasteiger partial charge on any atom is 0.306 e. The summed E-state index contributed by atoms with van der Waals surface area (Å²) in [4.78, 5) is 10.3. The Balaban J connectivity index is 2.33. The molecule has 1 N–H and O–H groups in total. The van der Waals surface area contributed by atoms with E-state index in [9.17, 15) is 4.79 Å². The van der Waals surface area contributed by atoms with Gasteiger partial charge in [0.05, 0.1) is 5.92 Å².